The predicted octanol–water partition coefficient (Wildman–Crippen LogP) is 4.60. The van der Waals surface area contributed by atoms with Crippen LogP contribution in [-0.2, 0) is 22.7 Å². The fourth-order valence-corrected chi connectivity index (χ4v) is 6.00. The number of para-hydroxylation sites is 1. The van der Waals surface area contributed by atoms with E-state index in [2.05, 4.69) is 14.7 Å². The number of nitrogens with one attached hydrogen (secondary N) is 1. The van der Waals surface area contributed by atoms with Crippen LogP contribution in [0.4, 0.5) is 19.1 Å². The monoisotopic (exact) mass is 587 g/mol. The minimum Gasteiger partial charge on any atom is -0.480 e. The molecular formula is C26H20F3N5O4S2. The smallest absolute Gasteiger partial charge is 0.418 e. The first kappa shape index (κ1) is 27.3. The van der Waals surface area contributed by atoms with Crippen molar-refractivity contribution in [3.8, 4) is 22.7 Å². The lowest BCUT2D eigenvalue weighted by Gasteiger charge is -2.16. The minimum atomic E-state index is -4.74. The van der Waals surface area contributed by atoms with Crippen LogP contribution < -0.4 is 20.8 Å². The number of benzene rings is 2. The van der Waals surface area contributed by atoms with Crippen molar-refractivity contribution in [2.24, 2.45) is 0 Å². The number of alkyl halides is 3. The van der Waals surface area contributed by atoms with E-state index in [0.717, 1.165) is 17.0 Å². The second-order valence-corrected chi connectivity index (χ2v) is 11.3. The zero-order valence-electron chi connectivity index (χ0n) is 20.6. The van der Waals surface area contributed by atoms with Crippen molar-refractivity contribution in [3.05, 3.63) is 93.0 Å². The van der Waals surface area contributed by atoms with Gasteiger partial charge in [0, 0.05) is 23.2 Å². The van der Waals surface area contributed by atoms with Crippen LogP contribution in [0.2, 0.25) is 0 Å². The van der Waals surface area contributed by atoms with Gasteiger partial charge in [-0.2, -0.15) is 13.2 Å². The summed E-state index contributed by atoms with van der Waals surface area (Å²) in [6.07, 6.45) is -3.38. The van der Waals surface area contributed by atoms with Gasteiger partial charge in [0.25, 0.3) is 5.56 Å². The van der Waals surface area contributed by atoms with Crippen LogP contribution in [0.3, 0.4) is 0 Å². The number of nitrogens with zero attached hydrogens (tertiary/aromatic N) is 3. The number of pyridine rings is 1. The highest BCUT2D eigenvalue weighted by atomic mass is 32.2. The number of anilines is 1. The molecule has 3 aromatic heterocycles. The van der Waals surface area contributed by atoms with Crippen molar-refractivity contribution >= 4 is 38.2 Å². The van der Waals surface area contributed by atoms with Gasteiger partial charge in [0.15, 0.2) is 0 Å². The van der Waals surface area contributed by atoms with E-state index in [-0.39, 0.29) is 28.2 Å². The molecule has 5 rings (SSSR count). The molecule has 0 aliphatic rings. The Morgan fingerprint density at radius 1 is 1.07 bits per heavy atom. The molecule has 0 aliphatic carbocycles. The summed E-state index contributed by atoms with van der Waals surface area (Å²) in [5, 5.41) is 1.80. The molecule has 0 spiro atoms. The highest BCUT2D eigenvalue weighted by Gasteiger charge is 2.34. The topological polar surface area (TPSA) is 129 Å². The Kier molecular flexibility index (Phi) is 7.08. The Labute approximate surface area is 229 Å². The van der Waals surface area contributed by atoms with Gasteiger partial charge in [-0.25, -0.2) is 27.7 Å². The van der Waals surface area contributed by atoms with Crippen molar-refractivity contribution in [1.82, 2.24) is 19.3 Å². The summed E-state index contributed by atoms with van der Waals surface area (Å²) in [5.41, 5.74) is 4.43. The molecule has 0 unspecified atom stereocenters. The molecule has 14 heteroatoms. The van der Waals surface area contributed by atoms with Crippen molar-refractivity contribution in [2.75, 3.05) is 12.8 Å². The molecule has 40 heavy (non-hydrogen) atoms. The molecular weight excluding hydrogens is 567 g/mol. The number of aromatic nitrogens is 3. The van der Waals surface area contributed by atoms with E-state index in [9.17, 15) is 26.4 Å². The summed E-state index contributed by atoms with van der Waals surface area (Å²) in [6.45, 7) is 0.0649. The Morgan fingerprint density at radius 3 is 2.55 bits per heavy atom. The quantitative estimate of drug-likeness (QED) is 0.285. The second kappa shape index (κ2) is 10.4. The molecule has 0 saturated heterocycles. The Balaban J connectivity index is 1.62. The van der Waals surface area contributed by atoms with Crippen LogP contribution in [0.15, 0.2) is 81.9 Å². The van der Waals surface area contributed by atoms with E-state index < -0.39 is 39.0 Å². The number of methoxy groups -OCH3 is 1. The van der Waals surface area contributed by atoms with Crippen LogP contribution in [-0.4, -0.2) is 30.1 Å². The summed E-state index contributed by atoms with van der Waals surface area (Å²) in [7, 11) is -2.77. The molecule has 0 bridgehead atoms. The number of thiophene rings is 1. The number of hydrogen-bond acceptors (Lipinski definition) is 8. The van der Waals surface area contributed by atoms with Crippen LogP contribution in [0.1, 0.15) is 10.4 Å². The van der Waals surface area contributed by atoms with Gasteiger partial charge in [0.2, 0.25) is 21.9 Å². The molecule has 3 N–H and O–H groups in total. The van der Waals surface area contributed by atoms with Crippen LogP contribution >= 0.6 is 11.3 Å². The van der Waals surface area contributed by atoms with Crippen molar-refractivity contribution in [2.45, 2.75) is 17.6 Å². The normalized spacial score (nSPS) is 12.1. The number of fused-ring (bicyclic) bond motifs is 1. The number of nitrogen functional groups attached to an aromatic ring is 1. The largest absolute Gasteiger partial charge is 0.480 e. The zero-order chi connectivity index (χ0) is 28.7. The maximum Gasteiger partial charge on any atom is 0.418 e. The average molecular weight is 588 g/mol. The number of rotatable bonds is 7. The molecule has 2 aromatic carbocycles. The number of nitrogens with two attached hydrogens (primary N) is 1. The summed E-state index contributed by atoms with van der Waals surface area (Å²) in [4.78, 5) is 22.3. The predicted molar refractivity (Wildman–Crippen MR) is 145 cm³/mol. The first-order chi connectivity index (χ1) is 19.0. The van der Waals surface area contributed by atoms with Gasteiger partial charge in [0.1, 0.15) is 4.90 Å². The standard InChI is InChI=1S/C26H20F3N5O4S2/c1-38-23-22(40(36,37)32-14-17-5-4-10-39-17)12-16(13-31-23)15-8-9-20-18(11-15)24(35)34(25(30)33-20)21-7-3-2-6-19(21)26(27,28)29/h2-13,32H,14H2,1H3,(H2,30,33). The summed E-state index contributed by atoms with van der Waals surface area (Å²) in [5.74, 6) is -0.554. The van der Waals surface area contributed by atoms with Crippen LogP contribution in [0.5, 0.6) is 5.88 Å². The molecule has 0 fully saturated rings. The Bertz CT molecular complexity index is 1890. The fraction of sp³-hybridized carbons (Fsp3) is 0.115. The molecule has 0 amide bonds. The fourth-order valence-electron chi connectivity index (χ4n) is 4.12. The van der Waals surface area contributed by atoms with E-state index >= 15 is 0 Å². The van der Waals surface area contributed by atoms with Crippen molar-refractivity contribution < 1.29 is 26.3 Å². The molecule has 0 atom stereocenters. The maximum atomic E-state index is 13.7. The van der Waals surface area contributed by atoms with Gasteiger partial charge in [-0.3, -0.25) is 4.79 Å². The van der Waals surface area contributed by atoms with E-state index in [4.69, 9.17) is 10.5 Å². The van der Waals surface area contributed by atoms with Crippen molar-refractivity contribution in [3.63, 3.8) is 0 Å². The minimum absolute atomic E-state index is 0.0280. The van der Waals surface area contributed by atoms with Gasteiger partial charge in [-0.05, 0) is 47.3 Å². The number of ether oxygens (including phenoxy) is 1. The Morgan fingerprint density at radius 2 is 1.85 bits per heavy atom. The van der Waals surface area contributed by atoms with E-state index in [1.165, 1.54) is 55.0 Å². The first-order valence-corrected chi connectivity index (χ1v) is 13.9. The zero-order valence-corrected chi connectivity index (χ0v) is 22.3. The van der Waals surface area contributed by atoms with E-state index in [1.54, 1.807) is 18.2 Å². The average Bonchev–Trinajstić information content (AvgIpc) is 3.45. The molecule has 0 radical (unpaired) electrons. The van der Waals surface area contributed by atoms with Crippen LogP contribution in [0.25, 0.3) is 27.7 Å². The highest BCUT2D eigenvalue weighted by molar-refractivity contribution is 7.89. The van der Waals surface area contributed by atoms with Crippen LogP contribution in [0, 0.1) is 0 Å². The summed E-state index contributed by atoms with van der Waals surface area (Å²) >= 11 is 1.39. The second-order valence-electron chi connectivity index (χ2n) is 8.49. The molecule has 206 valence electrons. The number of hydrogen-bond donors (Lipinski definition) is 2. The van der Waals surface area contributed by atoms with E-state index in [0.29, 0.717) is 15.7 Å². The summed E-state index contributed by atoms with van der Waals surface area (Å²) in [6, 6.07) is 13.9. The van der Waals surface area contributed by atoms with Gasteiger partial charge in [0.05, 0.1) is 29.3 Å². The third-order valence-corrected chi connectivity index (χ3v) is 8.27. The lowest BCUT2D eigenvalue weighted by atomic mass is 10.1. The van der Waals surface area contributed by atoms with E-state index in [1.807, 2.05) is 5.38 Å². The SMILES string of the molecule is COc1ncc(-c2ccc3nc(N)n(-c4ccccc4C(F)(F)F)c(=O)c3c2)cc1S(=O)(=O)NCc1cccs1. The lowest BCUT2D eigenvalue weighted by Crippen LogP contribution is -2.25. The highest BCUT2D eigenvalue weighted by Crippen LogP contribution is 2.34. The summed E-state index contributed by atoms with van der Waals surface area (Å²) < 4.78 is 75.6. The first-order valence-electron chi connectivity index (χ1n) is 11.5. The van der Waals surface area contributed by atoms with Crippen molar-refractivity contribution in [1.29, 1.82) is 0 Å². The van der Waals surface area contributed by atoms with Gasteiger partial charge < -0.3 is 10.5 Å². The van der Waals surface area contributed by atoms with Gasteiger partial charge >= 0.3 is 6.18 Å². The molecule has 5 aromatic rings. The van der Waals surface area contributed by atoms with Gasteiger partial charge in [-0.1, -0.05) is 24.3 Å². The molecule has 9 nitrogen and oxygen atoms in total. The Hall–Kier alpha value is -4.27. The van der Waals surface area contributed by atoms with Gasteiger partial charge in [-0.15, -0.1) is 11.3 Å². The maximum absolute atomic E-state index is 13.7. The molecule has 3 heterocycles. The third kappa shape index (κ3) is 5.15. The molecule has 0 saturated carbocycles. The lowest BCUT2D eigenvalue weighted by molar-refractivity contribution is -0.137. The number of halogens is 3. The number of sulfonamides is 1. The third-order valence-electron chi connectivity index (χ3n) is 6.00. The molecule has 0 aliphatic heterocycles.